The summed E-state index contributed by atoms with van der Waals surface area (Å²) in [6, 6.07) is 28.2. The van der Waals surface area contributed by atoms with Crippen LogP contribution in [-0.4, -0.2) is 40.1 Å². The zero-order chi connectivity index (χ0) is 28.4. The minimum Gasteiger partial charge on any atom is -0.292 e. The smallest absolute Gasteiger partial charge is 0.273 e. The highest BCUT2D eigenvalue weighted by atomic mass is 35.5. The Hall–Kier alpha value is -4.26. The number of carbonyl (C=O) groups is 4. The Kier molecular flexibility index (Phi) is 6.07. The number of benzene rings is 4. The second-order valence-corrected chi connectivity index (χ2v) is 11.4. The van der Waals surface area contributed by atoms with Gasteiger partial charge in [-0.3, -0.25) is 19.2 Å². The standard InChI is InChI=1S/C33H22Cl2N2O4/c34-20-13-9-18(10-14-20)26(38)17-36(31(39)19-11-15-21(35)16-12-19)37-32(40)29-27-22-5-1-2-6-23(22)28(30(29)33(37)41)25-8-4-3-7-24(25)27/h1-16,27-30H,17H2/t27?,28?,29-,30-/m1/s1. The molecule has 202 valence electrons. The summed E-state index contributed by atoms with van der Waals surface area (Å²) in [6.07, 6.45) is 0. The van der Waals surface area contributed by atoms with Crippen molar-refractivity contribution in [3.63, 3.8) is 0 Å². The number of hydrogen-bond acceptors (Lipinski definition) is 4. The summed E-state index contributed by atoms with van der Waals surface area (Å²) in [7, 11) is 0. The van der Waals surface area contributed by atoms with E-state index >= 15 is 0 Å². The third kappa shape index (κ3) is 3.93. The van der Waals surface area contributed by atoms with Gasteiger partial charge in [-0.15, -0.1) is 0 Å². The number of imide groups is 1. The van der Waals surface area contributed by atoms with Gasteiger partial charge in [0.1, 0.15) is 6.54 Å². The summed E-state index contributed by atoms with van der Waals surface area (Å²) < 4.78 is 0. The Morgan fingerprint density at radius 1 is 0.610 bits per heavy atom. The van der Waals surface area contributed by atoms with Crippen molar-refractivity contribution >= 4 is 46.7 Å². The van der Waals surface area contributed by atoms with Gasteiger partial charge in [-0.1, -0.05) is 71.7 Å². The van der Waals surface area contributed by atoms with Crippen LogP contribution in [-0.2, 0) is 9.59 Å². The van der Waals surface area contributed by atoms with Crippen LogP contribution in [0.2, 0.25) is 10.0 Å². The molecule has 1 fully saturated rings. The van der Waals surface area contributed by atoms with Gasteiger partial charge in [0.05, 0.1) is 11.8 Å². The second kappa shape index (κ2) is 9.68. The Labute approximate surface area is 246 Å². The first-order valence-corrected chi connectivity index (χ1v) is 14.0. The Morgan fingerprint density at radius 2 is 1.00 bits per heavy atom. The van der Waals surface area contributed by atoms with Gasteiger partial charge in [-0.05, 0) is 70.8 Å². The lowest BCUT2D eigenvalue weighted by Crippen LogP contribution is -2.52. The zero-order valence-corrected chi connectivity index (χ0v) is 23.0. The van der Waals surface area contributed by atoms with Crippen molar-refractivity contribution in [2.75, 3.05) is 6.54 Å². The van der Waals surface area contributed by atoms with Crippen LogP contribution >= 0.6 is 23.2 Å². The zero-order valence-electron chi connectivity index (χ0n) is 21.5. The summed E-state index contributed by atoms with van der Waals surface area (Å²) >= 11 is 12.1. The lowest BCUT2D eigenvalue weighted by molar-refractivity contribution is -0.154. The molecular weight excluding hydrogens is 559 g/mol. The van der Waals surface area contributed by atoms with E-state index < -0.39 is 41.9 Å². The number of Topliss-reactive ketones (excluding diaryl/α,β-unsaturated/α-hetero) is 1. The fourth-order valence-corrected chi connectivity index (χ4v) is 6.99. The van der Waals surface area contributed by atoms with E-state index in [0.717, 1.165) is 32.3 Å². The molecule has 0 N–H and O–H groups in total. The van der Waals surface area contributed by atoms with Crippen molar-refractivity contribution in [2.24, 2.45) is 11.8 Å². The van der Waals surface area contributed by atoms with E-state index in [9.17, 15) is 19.2 Å². The van der Waals surface area contributed by atoms with Gasteiger partial charge in [0.2, 0.25) is 0 Å². The van der Waals surface area contributed by atoms with Gasteiger partial charge in [-0.25, -0.2) is 5.01 Å². The average molecular weight is 581 g/mol. The monoisotopic (exact) mass is 580 g/mol. The minimum absolute atomic E-state index is 0.198. The Bertz CT molecular complexity index is 1640. The number of carbonyl (C=O) groups excluding carboxylic acids is 4. The van der Waals surface area contributed by atoms with Crippen LogP contribution in [0.15, 0.2) is 97.1 Å². The molecule has 2 bridgehead atoms. The first-order valence-electron chi connectivity index (χ1n) is 13.3. The van der Waals surface area contributed by atoms with E-state index in [-0.39, 0.29) is 17.4 Å². The first-order chi connectivity index (χ1) is 19.8. The van der Waals surface area contributed by atoms with E-state index in [1.807, 2.05) is 48.5 Å². The first kappa shape index (κ1) is 25.7. The SMILES string of the molecule is O=C(CN(C(=O)c1ccc(Cl)cc1)N1C(=O)[C@@H]2C3c4ccccc4C(c4ccccc43)[C@H]2C1=O)c1ccc(Cl)cc1. The average Bonchev–Trinajstić information content (AvgIpc) is 3.26. The van der Waals surface area contributed by atoms with E-state index in [1.54, 1.807) is 36.4 Å². The van der Waals surface area contributed by atoms with E-state index in [1.165, 1.54) is 12.1 Å². The molecule has 2 atom stereocenters. The molecule has 0 spiro atoms. The normalized spacial score (nSPS) is 21.8. The van der Waals surface area contributed by atoms with Crippen molar-refractivity contribution in [1.82, 2.24) is 10.0 Å². The summed E-state index contributed by atoms with van der Waals surface area (Å²) in [6.45, 7) is -0.505. The van der Waals surface area contributed by atoms with Gasteiger partial charge < -0.3 is 0 Å². The van der Waals surface area contributed by atoms with Gasteiger partial charge in [0, 0.05) is 33.0 Å². The quantitative estimate of drug-likeness (QED) is 0.210. The number of amides is 3. The maximum atomic E-state index is 14.3. The molecule has 1 aliphatic heterocycles. The summed E-state index contributed by atoms with van der Waals surface area (Å²) in [5.41, 5.74) is 4.59. The molecule has 3 aliphatic carbocycles. The molecular formula is C33H22Cl2N2O4. The van der Waals surface area contributed by atoms with E-state index in [2.05, 4.69) is 0 Å². The lowest BCUT2D eigenvalue weighted by Gasteiger charge is -2.45. The molecule has 8 heteroatoms. The summed E-state index contributed by atoms with van der Waals surface area (Å²) in [4.78, 5) is 56.0. The molecule has 6 nitrogen and oxygen atoms in total. The number of halogens is 2. The Balaban J connectivity index is 1.33. The van der Waals surface area contributed by atoms with Gasteiger partial charge in [0.15, 0.2) is 5.78 Å². The van der Waals surface area contributed by atoms with E-state index in [4.69, 9.17) is 23.2 Å². The highest BCUT2D eigenvalue weighted by Crippen LogP contribution is 2.61. The predicted octanol–water partition coefficient (Wildman–Crippen LogP) is 6.13. The highest BCUT2D eigenvalue weighted by Gasteiger charge is 2.63. The van der Waals surface area contributed by atoms with Gasteiger partial charge in [0.25, 0.3) is 17.7 Å². The Morgan fingerprint density at radius 3 is 1.41 bits per heavy atom. The molecule has 41 heavy (non-hydrogen) atoms. The molecule has 4 aromatic rings. The van der Waals surface area contributed by atoms with Crippen LogP contribution in [0.5, 0.6) is 0 Å². The molecule has 0 radical (unpaired) electrons. The maximum absolute atomic E-state index is 14.3. The molecule has 0 aromatic heterocycles. The van der Waals surface area contributed by atoms with Crippen LogP contribution < -0.4 is 0 Å². The van der Waals surface area contributed by atoms with Crippen molar-refractivity contribution in [3.8, 4) is 0 Å². The van der Waals surface area contributed by atoms with Crippen molar-refractivity contribution in [1.29, 1.82) is 0 Å². The molecule has 1 heterocycles. The van der Waals surface area contributed by atoms with Crippen LogP contribution in [0.4, 0.5) is 0 Å². The predicted molar refractivity (Wildman–Crippen MR) is 154 cm³/mol. The summed E-state index contributed by atoms with van der Waals surface area (Å²) in [5, 5.41) is 2.81. The highest BCUT2D eigenvalue weighted by molar-refractivity contribution is 6.31. The lowest BCUT2D eigenvalue weighted by atomic mass is 9.55. The van der Waals surface area contributed by atoms with Crippen molar-refractivity contribution in [2.45, 2.75) is 11.8 Å². The summed E-state index contributed by atoms with van der Waals surface area (Å²) in [5.74, 6) is -4.10. The number of ketones is 1. The maximum Gasteiger partial charge on any atom is 0.273 e. The largest absolute Gasteiger partial charge is 0.292 e. The van der Waals surface area contributed by atoms with Crippen LogP contribution in [0.1, 0.15) is 54.8 Å². The van der Waals surface area contributed by atoms with Crippen LogP contribution in [0.3, 0.4) is 0 Å². The molecule has 0 saturated carbocycles. The number of rotatable bonds is 5. The number of hydrogen-bond donors (Lipinski definition) is 0. The van der Waals surface area contributed by atoms with Crippen molar-refractivity contribution < 1.29 is 19.2 Å². The van der Waals surface area contributed by atoms with Crippen LogP contribution in [0, 0.1) is 11.8 Å². The topological polar surface area (TPSA) is 74.8 Å². The minimum atomic E-state index is -0.691. The third-order valence-corrected chi connectivity index (χ3v) is 8.96. The number of hydrazine groups is 1. The molecule has 1 saturated heterocycles. The number of nitrogens with zero attached hydrogens (tertiary/aromatic N) is 2. The van der Waals surface area contributed by atoms with Gasteiger partial charge >= 0.3 is 0 Å². The van der Waals surface area contributed by atoms with Gasteiger partial charge in [-0.2, -0.15) is 5.01 Å². The fourth-order valence-electron chi connectivity index (χ4n) is 6.74. The molecule has 3 amide bonds. The third-order valence-electron chi connectivity index (χ3n) is 8.45. The van der Waals surface area contributed by atoms with Crippen LogP contribution in [0.25, 0.3) is 0 Å². The van der Waals surface area contributed by atoms with E-state index in [0.29, 0.717) is 15.6 Å². The fraction of sp³-hybridized carbons (Fsp3) is 0.152. The molecule has 4 aromatic carbocycles. The molecule has 8 rings (SSSR count). The molecule has 0 unspecified atom stereocenters. The molecule has 4 aliphatic rings. The van der Waals surface area contributed by atoms with Crippen molar-refractivity contribution in [3.05, 3.63) is 140 Å². The second-order valence-electron chi connectivity index (χ2n) is 10.6.